The molecule has 3 rings (SSSR count). The highest BCUT2D eigenvalue weighted by atomic mass is 16.4. The number of amides is 1. The Bertz CT molecular complexity index is 772. The Morgan fingerprint density at radius 2 is 1.88 bits per heavy atom. The summed E-state index contributed by atoms with van der Waals surface area (Å²) in [6.45, 7) is 6.37. The van der Waals surface area contributed by atoms with Gasteiger partial charge in [0.15, 0.2) is 0 Å². The zero-order valence-electron chi connectivity index (χ0n) is 14.8. The van der Waals surface area contributed by atoms with E-state index in [1.807, 2.05) is 13.8 Å². The van der Waals surface area contributed by atoms with E-state index in [1.165, 1.54) is 0 Å². The van der Waals surface area contributed by atoms with E-state index in [0.29, 0.717) is 30.8 Å². The first-order valence-corrected chi connectivity index (χ1v) is 8.71. The Hall–Kier alpha value is -2.18. The zero-order valence-corrected chi connectivity index (χ0v) is 14.8. The number of carbonyl (C=O) groups excluding carboxylic acids is 2. The van der Waals surface area contributed by atoms with Crippen molar-refractivity contribution in [3.05, 3.63) is 46.7 Å². The summed E-state index contributed by atoms with van der Waals surface area (Å²) in [7, 11) is 0. The molecule has 1 amide bonds. The fourth-order valence-electron chi connectivity index (χ4n) is 4.01. The van der Waals surface area contributed by atoms with Gasteiger partial charge in [0.1, 0.15) is 0 Å². The van der Waals surface area contributed by atoms with E-state index in [0.717, 1.165) is 6.42 Å². The van der Waals surface area contributed by atoms with Crippen molar-refractivity contribution < 1.29 is 19.8 Å². The van der Waals surface area contributed by atoms with E-state index in [4.69, 9.17) is 0 Å². The average molecular weight is 344 g/mol. The van der Waals surface area contributed by atoms with E-state index in [-0.39, 0.29) is 11.1 Å². The second-order valence-corrected chi connectivity index (χ2v) is 6.63. The van der Waals surface area contributed by atoms with Gasteiger partial charge in [-0.2, -0.15) is 0 Å². The lowest BCUT2D eigenvalue weighted by atomic mass is 9.84. The maximum Gasteiger partial charge on any atom is 0.252 e. The van der Waals surface area contributed by atoms with Gasteiger partial charge in [0.05, 0.1) is 5.57 Å². The summed E-state index contributed by atoms with van der Waals surface area (Å²) in [5.74, 6) is -1.15. The van der Waals surface area contributed by atoms with Crippen molar-refractivity contribution in [2.75, 3.05) is 13.1 Å². The van der Waals surface area contributed by atoms with E-state index in [1.54, 1.807) is 36.1 Å². The van der Waals surface area contributed by atoms with E-state index in [2.05, 4.69) is 5.32 Å². The molecule has 6 heteroatoms. The molecular formula is C19H24N2O4. The fraction of sp³-hybridized carbons (Fsp3) is 0.474. The molecule has 6 nitrogen and oxygen atoms in total. The standard InChI is InChI=1S/C19H24N2O4/c1-4-10-20-17(23)15-12(3)21(11-5-2)19(25)14-9-7-6-8-13(14)16(22)18(15,19)24/h6-9,24-25H,4-5,10-11H2,1-3H3,(H,20,23). The van der Waals surface area contributed by atoms with Gasteiger partial charge in [-0.1, -0.05) is 38.1 Å². The lowest BCUT2D eigenvalue weighted by Crippen LogP contribution is -2.58. The van der Waals surface area contributed by atoms with Gasteiger partial charge in [-0.05, 0) is 19.8 Å². The molecule has 1 aliphatic heterocycles. The Morgan fingerprint density at radius 1 is 1.20 bits per heavy atom. The molecule has 134 valence electrons. The van der Waals surface area contributed by atoms with Gasteiger partial charge in [-0.3, -0.25) is 9.59 Å². The molecule has 25 heavy (non-hydrogen) atoms. The maximum absolute atomic E-state index is 13.0. The van der Waals surface area contributed by atoms with Crippen LogP contribution < -0.4 is 5.32 Å². The first-order valence-electron chi connectivity index (χ1n) is 8.71. The Kier molecular flexibility index (Phi) is 4.21. The van der Waals surface area contributed by atoms with Crippen molar-refractivity contribution in [1.29, 1.82) is 0 Å². The van der Waals surface area contributed by atoms with E-state index < -0.39 is 23.0 Å². The van der Waals surface area contributed by atoms with Crippen LogP contribution in [0.3, 0.4) is 0 Å². The minimum Gasteiger partial charge on any atom is -0.372 e. The zero-order chi connectivity index (χ0) is 18.4. The highest BCUT2D eigenvalue weighted by Crippen LogP contribution is 2.56. The molecule has 1 aromatic rings. The topological polar surface area (TPSA) is 89.9 Å². The third kappa shape index (κ3) is 2.04. The van der Waals surface area contributed by atoms with Gasteiger partial charge < -0.3 is 20.4 Å². The van der Waals surface area contributed by atoms with Gasteiger partial charge in [0.2, 0.25) is 17.1 Å². The molecule has 0 aromatic heterocycles. The van der Waals surface area contributed by atoms with Crippen LogP contribution >= 0.6 is 0 Å². The number of hydrogen-bond acceptors (Lipinski definition) is 5. The Labute approximate surface area is 147 Å². The summed E-state index contributed by atoms with van der Waals surface area (Å²) >= 11 is 0. The number of nitrogens with zero attached hydrogens (tertiary/aromatic N) is 1. The number of benzene rings is 1. The first-order chi connectivity index (χ1) is 11.9. The maximum atomic E-state index is 13.0. The second kappa shape index (κ2) is 5.97. The smallest absolute Gasteiger partial charge is 0.252 e. The molecule has 0 bridgehead atoms. The van der Waals surface area contributed by atoms with Gasteiger partial charge >= 0.3 is 0 Å². The number of Topliss-reactive ketones (excluding diaryl/α,β-unsaturated/α-hetero) is 1. The molecule has 2 aliphatic rings. The predicted molar refractivity (Wildman–Crippen MR) is 92.6 cm³/mol. The molecule has 1 aromatic carbocycles. The monoisotopic (exact) mass is 344 g/mol. The summed E-state index contributed by atoms with van der Waals surface area (Å²) in [4.78, 5) is 27.4. The van der Waals surface area contributed by atoms with Gasteiger partial charge in [-0.25, -0.2) is 0 Å². The van der Waals surface area contributed by atoms with Crippen molar-refractivity contribution >= 4 is 11.7 Å². The van der Waals surface area contributed by atoms with Crippen LogP contribution in [0.25, 0.3) is 0 Å². The van der Waals surface area contributed by atoms with E-state index in [9.17, 15) is 19.8 Å². The van der Waals surface area contributed by atoms with Crippen LogP contribution in [0.15, 0.2) is 35.5 Å². The van der Waals surface area contributed by atoms with Crippen molar-refractivity contribution in [3.8, 4) is 0 Å². The van der Waals surface area contributed by atoms with Crippen LogP contribution in [0.2, 0.25) is 0 Å². The summed E-state index contributed by atoms with van der Waals surface area (Å²) in [6, 6.07) is 6.60. The minimum absolute atomic E-state index is 0.0573. The predicted octanol–water partition coefficient (Wildman–Crippen LogP) is 1.28. The van der Waals surface area contributed by atoms with Gasteiger partial charge in [0.25, 0.3) is 5.91 Å². The van der Waals surface area contributed by atoms with Crippen molar-refractivity contribution in [2.45, 2.75) is 44.9 Å². The number of ketones is 1. The van der Waals surface area contributed by atoms with Crippen LogP contribution in [0.1, 0.15) is 49.5 Å². The normalized spacial score (nSPS) is 27.6. The molecule has 0 fully saturated rings. The number of carbonyl (C=O) groups is 2. The third-order valence-corrected chi connectivity index (χ3v) is 5.11. The molecule has 0 saturated heterocycles. The highest BCUT2D eigenvalue weighted by molar-refractivity contribution is 6.17. The summed E-state index contributed by atoms with van der Waals surface area (Å²) in [6.07, 6.45) is 1.42. The molecule has 3 N–H and O–H groups in total. The third-order valence-electron chi connectivity index (χ3n) is 5.11. The van der Waals surface area contributed by atoms with Crippen LogP contribution in [0, 0.1) is 0 Å². The largest absolute Gasteiger partial charge is 0.372 e. The quantitative estimate of drug-likeness (QED) is 0.749. The number of hydrogen-bond donors (Lipinski definition) is 3. The number of aliphatic hydroxyl groups is 2. The molecule has 0 spiro atoms. The second-order valence-electron chi connectivity index (χ2n) is 6.63. The Balaban J connectivity index is 2.22. The molecule has 2 atom stereocenters. The van der Waals surface area contributed by atoms with Crippen molar-refractivity contribution in [1.82, 2.24) is 10.2 Å². The van der Waals surface area contributed by atoms with Crippen LogP contribution in [0.4, 0.5) is 0 Å². The number of fused-ring (bicyclic) bond motifs is 3. The van der Waals surface area contributed by atoms with Crippen LogP contribution in [-0.4, -0.2) is 45.5 Å². The lowest BCUT2D eigenvalue weighted by Gasteiger charge is -2.40. The molecule has 0 radical (unpaired) electrons. The van der Waals surface area contributed by atoms with Crippen LogP contribution in [-0.2, 0) is 10.5 Å². The molecular weight excluding hydrogens is 320 g/mol. The summed E-state index contributed by atoms with van der Waals surface area (Å²) in [5.41, 5.74) is -3.29. The minimum atomic E-state index is -2.30. The Morgan fingerprint density at radius 3 is 2.52 bits per heavy atom. The molecule has 2 unspecified atom stereocenters. The first kappa shape index (κ1) is 17.6. The molecule has 0 saturated carbocycles. The van der Waals surface area contributed by atoms with Gasteiger partial charge in [0, 0.05) is 29.9 Å². The molecule has 1 aliphatic carbocycles. The van der Waals surface area contributed by atoms with Crippen molar-refractivity contribution in [3.63, 3.8) is 0 Å². The van der Waals surface area contributed by atoms with E-state index >= 15 is 0 Å². The number of allylic oxidation sites excluding steroid dienone is 1. The fourth-order valence-corrected chi connectivity index (χ4v) is 4.01. The van der Waals surface area contributed by atoms with Crippen LogP contribution in [0.5, 0.6) is 0 Å². The SMILES string of the molecule is CCCNC(=O)C1=C(C)N(CCC)C2(O)c3ccccc3C(=O)C12O. The van der Waals surface area contributed by atoms with Gasteiger partial charge in [-0.15, -0.1) is 0 Å². The number of nitrogens with one attached hydrogen (secondary N) is 1. The van der Waals surface area contributed by atoms with Crippen molar-refractivity contribution in [2.24, 2.45) is 0 Å². The highest BCUT2D eigenvalue weighted by Gasteiger charge is 2.72. The average Bonchev–Trinajstić information content (AvgIpc) is 2.89. The summed E-state index contributed by atoms with van der Waals surface area (Å²) in [5, 5.41) is 25.7. The lowest BCUT2D eigenvalue weighted by molar-refractivity contribution is -0.172. The summed E-state index contributed by atoms with van der Waals surface area (Å²) < 4.78 is 0. The number of rotatable bonds is 5. The molecule has 1 heterocycles.